The summed E-state index contributed by atoms with van der Waals surface area (Å²) in [4.78, 5) is 26.6. The Hall–Kier alpha value is -2.34. The smallest absolute Gasteiger partial charge is 0.248 e. The summed E-state index contributed by atoms with van der Waals surface area (Å²) in [5.41, 5.74) is 2.38. The molecular weight excluding hydrogens is 384 g/mol. The summed E-state index contributed by atoms with van der Waals surface area (Å²) in [5, 5.41) is 2.91. The van der Waals surface area contributed by atoms with Gasteiger partial charge in [-0.2, -0.15) is 0 Å². The van der Waals surface area contributed by atoms with E-state index in [0.717, 1.165) is 15.7 Å². The third-order valence-corrected chi connectivity index (χ3v) is 4.61. The van der Waals surface area contributed by atoms with Crippen molar-refractivity contribution in [1.82, 2.24) is 0 Å². The van der Waals surface area contributed by atoms with Crippen molar-refractivity contribution < 1.29 is 14.3 Å². The van der Waals surface area contributed by atoms with E-state index in [1.54, 1.807) is 17.0 Å². The van der Waals surface area contributed by atoms with Gasteiger partial charge in [0.15, 0.2) is 0 Å². The van der Waals surface area contributed by atoms with Crippen molar-refractivity contribution in [3.05, 3.63) is 52.5 Å². The predicted molar refractivity (Wildman–Crippen MR) is 101 cm³/mol. The lowest BCUT2D eigenvalue weighted by atomic mass is 10.1. The number of para-hydroxylation sites is 1. The van der Waals surface area contributed by atoms with Crippen LogP contribution < -0.4 is 15.0 Å². The number of carbonyl (C=O) groups excluding carboxylic acids is 2. The summed E-state index contributed by atoms with van der Waals surface area (Å²) in [6.45, 7) is 3.87. The molecule has 0 saturated carbocycles. The monoisotopic (exact) mass is 402 g/mol. The van der Waals surface area contributed by atoms with Crippen molar-refractivity contribution in [1.29, 1.82) is 0 Å². The van der Waals surface area contributed by atoms with Crippen LogP contribution in [-0.2, 0) is 16.0 Å². The quantitative estimate of drug-likeness (QED) is 0.846. The topological polar surface area (TPSA) is 58.6 Å². The number of ether oxygens (including phenoxy) is 1. The number of fused-ring (bicyclic) bond motifs is 1. The van der Waals surface area contributed by atoms with Gasteiger partial charge in [-0.3, -0.25) is 14.5 Å². The van der Waals surface area contributed by atoms with Crippen molar-refractivity contribution in [2.24, 2.45) is 0 Å². The number of nitrogens with one attached hydrogen (secondary N) is 1. The molecule has 1 aliphatic heterocycles. The van der Waals surface area contributed by atoms with Gasteiger partial charge in [-0.05, 0) is 36.8 Å². The molecule has 1 aliphatic rings. The molecule has 1 N–H and O–H groups in total. The molecule has 1 heterocycles. The molecule has 0 spiro atoms. The molecule has 0 unspecified atom stereocenters. The summed E-state index contributed by atoms with van der Waals surface area (Å²) < 4.78 is 6.41. The Morgan fingerprint density at radius 3 is 2.76 bits per heavy atom. The van der Waals surface area contributed by atoms with Crippen molar-refractivity contribution in [2.45, 2.75) is 26.3 Å². The second-order valence-electron chi connectivity index (χ2n) is 5.80. The van der Waals surface area contributed by atoms with Gasteiger partial charge in [0.05, 0.1) is 12.3 Å². The summed E-state index contributed by atoms with van der Waals surface area (Å²) >= 11 is 3.41. The van der Waals surface area contributed by atoms with E-state index in [9.17, 15) is 9.59 Å². The van der Waals surface area contributed by atoms with Crippen LogP contribution in [0, 0.1) is 0 Å². The van der Waals surface area contributed by atoms with Crippen LogP contribution in [0.25, 0.3) is 0 Å². The molecular formula is C19H19BrN2O3. The largest absolute Gasteiger partial charge is 0.492 e. The number of hydrogen-bond acceptors (Lipinski definition) is 3. The minimum absolute atomic E-state index is 0.149. The molecule has 130 valence electrons. The molecule has 25 heavy (non-hydrogen) atoms. The van der Waals surface area contributed by atoms with Gasteiger partial charge >= 0.3 is 0 Å². The second kappa shape index (κ2) is 7.27. The molecule has 6 heteroatoms. The number of anilines is 2. The number of hydrogen-bond donors (Lipinski definition) is 1. The molecule has 0 bridgehead atoms. The van der Waals surface area contributed by atoms with Crippen molar-refractivity contribution in [3.8, 4) is 5.75 Å². The molecule has 0 radical (unpaired) electrons. The molecule has 0 aromatic heterocycles. The van der Waals surface area contributed by atoms with E-state index in [1.165, 1.54) is 6.92 Å². The molecule has 2 aromatic rings. The Morgan fingerprint density at radius 1 is 1.28 bits per heavy atom. The lowest BCUT2D eigenvalue weighted by Gasteiger charge is -2.24. The highest BCUT2D eigenvalue weighted by Gasteiger charge is 2.36. The maximum Gasteiger partial charge on any atom is 0.248 e. The number of nitrogens with zero attached hydrogens (tertiary/aromatic N) is 1. The van der Waals surface area contributed by atoms with Crippen LogP contribution in [0.5, 0.6) is 5.75 Å². The Kier molecular flexibility index (Phi) is 5.08. The Labute approximate surface area is 155 Å². The van der Waals surface area contributed by atoms with Crippen molar-refractivity contribution >= 4 is 39.1 Å². The molecule has 1 atom stereocenters. The van der Waals surface area contributed by atoms with Crippen molar-refractivity contribution in [3.63, 3.8) is 0 Å². The molecule has 5 nitrogen and oxygen atoms in total. The van der Waals surface area contributed by atoms with Gasteiger partial charge in [-0.15, -0.1) is 0 Å². The summed E-state index contributed by atoms with van der Waals surface area (Å²) in [5.74, 6) is 0.221. The van der Waals surface area contributed by atoms with Gasteiger partial charge in [0.1, 0.15) is 11.8 Å². The Morgan fingerprint density at radius 2 is 2.04 bits per heavy atom. The third-order valence-electron chi connectivity index (χ3n) is 4.12. The fourth-order valence-electron chi connectivity index (χ4n) is 3.08. The van der Waals surface area contributed by atoms with Crippen LogP contribution in [0.3, 0.4) is 0 Å². The average molecular weight is 403 g/mol. The van der Waals surface area contributed by atoms with Crippen LogP contribution in [0.15, 0.2) is 46.9 Å². The maximum absolute atomic E-state index is 12.9. The number of benzene rings is 2. The highest BCUT2D eigenvalue weighted by molar-refractivity contribution is 9.10. The molecule has 2 aromatic carbocycles. The average Bonchev–Trinajstić information content (AvgIpc) is 2.97. The van der Waals surface area contributed by atoms with E-state index in [2.05, 4.69) is 21.2 Å². The van der Waals surface area contributed by atoms with Crippen LogP contribution in [0.2, 0.25) is 0 Å². The number of halogens is 1. The highest BCUT2D eigenvalue weighted by atomic mass is 79.9. The molecule has 3 rings (SSSR count). The lowest BCUT2D eigenvalue weighted by Crippen LogP contribution is -2.44. The number of amides is 2. The summed E-state index contributed by atoms with van der Waals surface area (Å²) in [6, 6.07) is 12.5. The van der Waals surface area contributed by atoms with E-state index in [1.807, 2.05) is 37.3 Å². The minimum atomic E-state index is -0.566. The zero-order chi connectivity index (χ0) is 18.0. The molecule has 0 saturated heterocycles. The van der Waals surface area contributed by atoms with E-state index in [0.29, 0.717) is 24.5 Å². The van der Waals surface area contributed by atoms with E-state index < -0.39 is 6.04 Å². The fourth-order valence-corrected chi connectivity index (χ4v) is 3.44. The van der Waals surface area contributed by atoms with Gasteiger partial charge < -0.3 is 10.1 Å². The Bertz CT molecular complexity index is 822. The van der Waals surface area contributed by atoms with Crippen LogP contribution in [0.1, 0.15) is 19.4 Å². The van der Waals surface area contributed by atoms with Gasteiger partial charge in [-0.1, -0.05) is 34.1 Å². The third kappa shape index (κ3) is 3.54. The van der Waals surface area contributed by atoms with Crippen molar-refractivity contribution in [2.75, 3.05) is 16.8 Å². The predicted octanol–water partition coefficient (Wildman–Crippen LogP) is 3.76. The standard InChI is InChI=1S/C19H19BrN2O3/c1-3-25-18-9-8-14(20)11-15(18)21-19(24)17-10-13-6-4-5-7-16(13)22(17)12(2)23/h4-9,11,17H,3,10H2,1-2H3,(H,21,24)/t17-/m0/s1. The first-order chi connectivity index (χ1) is 12.0. The SMILES string of the molecule is CCOc1ccc(Br)cc1NC(=O)[C@@H]1Cc2ccccc2N1C(C)=O. The van der Waals surface area contributed by atoms with Crippen LogP contribution in [-0.4, -0.2) is 24.5 Å². The number of rotatable bonds is 4. The summed E-state index contributed by atoms with van der Waals surface area (Å²) in [7, 11) is 0. The zero-order valence-corrected chi connectivity index (χ0v) is 15.7. The van der Waals surface area contributed by atoms with Gasteiger partial charge in [-0.25, -0.2) is 0 Å². The zero-order valence-electron chi connectivity index (χ0n) is 14.1. The first-order valence-corrected chi connectivity index (χ1v) is 8.91. The second-order valence-corrected chi connectivity index (χ2v) is 6.72. The number of carbonyl (C=O) groups is 2. The summed E-state index contributed by atoms with van der Waals surface area (Å²) in [6.07, 6.45) is 0.500. The van der Waals surface area contributed by atoms with Gasteiger partial charge in [0.2, 0.25) is 11.8 Å². The normalized spacial score (nSPS) is 15.6. The molecule has 2 amide bonds. The maximum atomic E-state index is 12.9. The van der Waals surface area contributed by atoms with Gasteiger partial charge in [0.25, 0.3) is 0 Å². The first kappa shape index (κ1) is 17.5. The highest BCUT2D eigenvalue weighted by Crippen LogP contribution is 2.34. The van der Waals surface area contributed by atoms with Gasteiger partial charge in [0, 0.05) is 23.5 Å². The van der Waals surface area contributed by atoms with Crippen LogP contribution >= 0.6 is 15.9 Å². The Balaban J connectivity index is 1.87. The van der Waals surface area contributed by atoms with E-state index in [4.69, 9.17) is 4.74 Å². The van der Waals surface area contributed by atoms with E-state index >= 15 is 0 Å². The van der Waals surface area contributed by atoms with E-state index in [-0.39, 0.29) is 11.8 Å². The van der Waals surface area contributed by atoms with Crippen LogP contribution in [0.4, 0.5) is 11.4 Å². The fraction of sp³-hybridized carbons (Fsp3) is 0.263. The first-order valence-electron chi connectivity index (χ1n) is 8.12. The lowest BCUT2D eigenvalue weighted by molar-refractivity contribution is -0.122. The molecule has 0 aliphatic carbocycles. The molecule has 0 fully saturated rings. The minimum Gasteiger partial charge on any atom is -0.492 e.